The van der Waals surface area contributed by atoms with Crippen LogP contribution in [-0.2, 0) is 20.0 Å². The summed E-state index contributed by atoms with van der Waals surface area (Å²) in [5.41, 5.74) is 1.44. The lowest BCUT2D eigenvalue weighted by atomic mass is 10.2. The number of anilines is 2. The first-order valence-corrected chi connectivity index (χ1v) is 13.3. The van der Waals surface area contributed by atoms with Crippen LogP contribution in [0, 0.1) is 6.92 Å². The summed E-state index contributed by atoms with van der Waals surface area (Å²) in [6.07, 6.45) is 1.90. The molecule has 7 nitrogen and oxygen atoms in total. The number of sulfonamides is 2. The van der Waals surface area contributed by atoms with Crippen LogP contribution in [0.4, 0.5) is 11.4 Å². The molecule has 0 bridgehead atoms. The van der Waals surface area contributed by atoms with Gasteiger partial charge in [0.2, 0.25) is 0 Å². The highest BCUT2D eigenvalue weighted by atomic mass is 32.2. The monoisotopic (exact) mass is 478 g/mol. The maximum absolute atomic E-state index is 12.8. The zero-order chi connectivity index (χ0) is 22.6. The van der Waals surface area contributed by atoms with Gasteiger partial charge in [0, 0.05) is 10.6 Å². The molecule has 0 aromatic heterocycles. The second-order valence-electron chi connectivity index (χ2n) is 6.61. The average Bonchev–Trinajstić information content (AvgIpc) is 2.74. The van der Waals surface area contributed by atoms with E-state index in [4.69, 9.17) is 4.74 Å². The lowest BCUT2D eigenvalue weighted by Gasteiger charge is -2.13. The fraction of sp³-hybridized carbons (Fsp3) is 0.143. The molecule has 3 aromatic rings. The Labute approximate surface area is 186 Å². The fourth-order valence-corrected chi connectivity index (χ4v) is 5.30. The first-order chi connectivity index (χ1) is 14.6. The van der Waals surface area contributed by atoms with Crippen molar-refractivity contribution >= 4 is 43.2 Å². The number of hydrogen-bond donors (Lipinski definition) is 2. The molecule has 0 aliphatic rings. The van der Waals surface area contributed by atoms with E-state index in [2.05, 4.69) is 9.44 Å². The highest BCUT2D eigenvalue weighted by Gasteiger charge is 2.18. The van der Waals surface area contributed by atoms with Gasteiger partial charge in [-0.05, 0) is 79.4 Å². The highest BCUT2D eigenvalue weighted by Crippen LogP contribution is 2.28. The third kappa shape index (κ3) is 5.52. The molecule has 3 aromatic carbocycles. The van der Waals surface area contributed by atoms with Crippen molar-refractivity contribution in [3.05, 3.63) is 72.3 Å². The maximum atomic E-state index is 12.8. The van der Waals surface area contributed by atoms with Gasteiger partial charge in [0.25, 0.3) is 20.0 Å². The summed E-state index contributed by atoms with van der Waals surface area (Å²) >= 11 is 1.51. The Morgan fingerprint density at radius 3 is 1.87 bits per heavy atom. The van der Waals surface area contributed by atoms with E-state index in [1.807, 2.05) is 19.2 Å². The van der Waals surface area contributed by atoms with Gasteiger partial charge in [0.15, 0.2) is 0 Å². The van der Waals surface area contributed by atoms with Gasteiger partial charge in [-0.15, -0.1) is 11.8 Å². The van der Waals surface area contributed by atoms with Crippen molar-refractivity contribution in [1.29, 1.82) is 0 Å². The van der Waals surface area contributed by atoms with Gasteiger partial charge >= 0.3 is 0 Å². The zero-order valence-corrected chi connectivity index (χ0v) is 19.6. The lowest BCUT2D eigenvalue weighted by molar-refractivity contribution is 0.417. The lowest BCUT2D eigenvalue weighted by Crippen LogP contribution is -2.15. The molecule has 0 fully saturated rings. The van der Waals surface area contributed by atoms with Crippen molar-refractivity contribution in [1.82, 2.24) is 0 Å². The molecule has 0 radical (unpaired) electrons. The zero-order valence-electron chi connectivity index (χ0n) is 17.1. The Bertz CT molecular complexity index is 1270. The molecule has 0 aliphatic heterocycles. The van der Waals surface area contributed by atoms with E-state index in [9.17, 15) is 16.8 Å². The topological polar surface area (TPSA) is 102 Å². The van der Waals surface area contributed by atoms with E-state index in [-0.39, 0.29) is 15.5 Å². The first kappa shape index (κ1) is 23.0. The van der Waals surface area contributed by atoms with E-state index in [0.717, 1.165) is 10.5 Å². The van der Waals surface area contributed by atoms with Crippen molar-refractivity contribution in [3.8, 4) is 5.75 Å². The summed E-state index contributed by atoms with van der Waals surface area (Å²) in [6, 6.07) is 17.1. The van der Waals surface area contributed by atoms with Gasteiger partial charge in [0.05, 0.1) is 22.6 Å². The molecule has 0 heterocycles. The Hall–Kier alpha value is -2.69. The quantitative estimate of drug-likeness (QED) is 0.468. The minimum Gasteiger partial charge on any atom is -0.495 e. The highest BCUT2D eigenvalue weighted by molar-refractivity contribution is 7.98. The molecule has 0 aliphatic carbocycles. The molecule has 164 valence electrons. The second-order valence-corrected chi connectivity index (χ2v) is 10.9. The summed E-state index contributed by atoms with van der Waals surface area (Å²) in [4.78, 5) is 1.06. The van der Waals surface area contributed by atoms with Crippen LogP contribution < -0.4 is 14.2 Å². The standard InChI is InChI=1S/C21H22N2O5S3/c1-15-4-13-21(28-2)20(14-15)23-31(26,27)18-9-5-16(6-10-18)22-30(24,25)19-11-7-17(29-3)8-12-19/h4-14,22-23H,1-3H3. The van der Waals surface area contributed by atoms with E-state index < -0.39 is 20.0 Å². The second kappa shape index (κ2) is 9.21. The number of nitrogens with one attached hydrogen (secondary N) is 2. The van der Waals surface area contributed by atoms with E-state index in [1.165, 1.54) is 55.3 Å². The van der Waals surface area contributed by atoms with E-state index in [0.29, 0.717) is 11.4 Å². The van der Waals surface area contributed by atoms with Crippen molar-refractivity contribution in [2.75, 3.05) is 22.8 Å². The van der Waals surface area contributed by atoms with Crippen LogP contribution in [0.15, 0.2) is 81.4 Å². The Kier molecular flexibility index (Phi) is 6.83. The van der Waals surface area contributed by atoms with Crippen LogP contribution in [0.3, 0.4) is 0 Å². The van der Waals surface area contributed by atoms with Crippen LogP contribution in [0.2, 0.25) is 0 Å². The molecular weight excluding hydrogens is 456 g/mol. The summed E-state index contributed by atoms with van der Waals surface area (Å²) in [5, 5.41) is 0. The number of aryl methyl sites for hydroxylation is 1. The van der Waals surface area contributed by atoms with Crippen molar-refractivity contribution in [2.45, 2.75) is 21.6 Å². The molecule has 2 N–H and O–H groups in total. The molecule has 0 amide bonds. The van der Waals surface area contributed by atoms with Gasteiger partial charge < -0.3 is 4.74 Å². The Morgan fingerprint density at radius 1 is 0.774 bits per heavy atom. The SMILES string of the molecule is COc1ccc(C)cc1NS(=O)(=O)c1ccc(NS(=O)(=O)c2ccc(SC)cc2)cc1. The summed E-state index contributed by atoms with van der Waals surface area (Å²) in [6.45, 7) is 1.84. The molecule has 0 unspecified atom stereocenters. The largest absolute Gasteiger partial charge is 0.495 e. The minimum absolute atomic E-state index is 0.0108. The maximum Gasteiger partial charge on any atom is 0.262 e. The molecule has 10 heteroatoms. The third-order valence-electron chi connectivity index (χ3n) is 4.39. The van der Waals surface area contributed by atoms with Crippen LogP contribution in [0.25, 0.3) is 0 Å². The normalized spacial score (nSPS) is 11.7. The fourth-order valence-electron chi connectivity index (χ4n) is 2.78. The molecule has 0 saturated heterocycles. The van der Waals surface area contributed by atoms with Crippen LogP contribution >= 0.6 is 11.8 Å². The number of rotatable bonds is 8. The molecule has 31 heavy (non-hydrogen) atoms. The molecule has 0 atom stereocenters. The first-order valence-electron chi connectivity index (χ1n) is 9.09. The van der Waals surface area contributed by atoms with Crippen molar-refractivity contribution in [2.24, 2.45) is 0 Å². The van der Waals surface area contributed by atoms with Gasteiger partial charge in [-0.3, -0.25) is 9.44 Å². The Morgan fingerprint density at radius 2 is 1.32 bits per heavy atom. The number of hydrogen-bond acceptors (Lipinski definition) is 6. The number of methoxy groups -OCH3 is 1. The molecule has 0 saturated carbocycles. The van der Waals surface area contributed by atoms with Gasteiger partial charge in [0.1, 0.15) is 5.75 Å². The van der Waals surface area contributed by atoms with Crippen LogP contribution in [0.1, 0.15) is 5.56 Å². The van der Waals surface area contributed by atoms with Crippen molar-refractivity contribution < 1.29 is 21.6 Å². The number of benzene rings is 3. The van der Waals surface area contributed by atoms with Crippen LogP contribution in [0.5, 0.6) is 5.75 Å². The molecule has 0 spiro atoms. The predicted molar refractivity (Wildman–Crippen MR) is 124 cm³/mol. The van der Waals surface area contributed by atoms with E-state index in [1.54, 1.807) is 24.3 Å². The van der Waals surface area contributed by atoms with E-state index >= 15 is 0 Å². The van der Waals surface area contributed by atoms with Gasteiger partial charge in [-0.2, -0.15) is 0 Å². The van der Waals surface area contributed by atoms with Gasteiger partial charge in [-0.25, -0.2) is 16.8 Å². The average molecular weight is 479 g/mol. The third-order valence-corrected chi connectivity index (χ3v) is 7.91. The van der Waals surface area contributed by atoms with Crippen LogP contribution in [-0.4, -0.2) is 30.2 Å². The minimum atomic E-state index is -3.89. The summed E-state index contributed by atoms with van der Waals surface area (Å²) in [7, 11) is -6.23. The summed E-state index contributed by atoms with van der Waals surface area (Å²) < 4.78 is 60.8. The Balaban J connectivity index is 1.79. The number of thioether (sulfide) groups is 1. The smallest absolute Gasteiger partial charge is 0.262 e. The molecule has 3 rings (SSSR count). The van der Waals surface area contributed by atoms with Crippen molar-refractivity contribution in [3.63, 3.8) is 0 Å². The molecular formula is C21H22N2O5S3. The van der Waals surface area contributed by atoms with Gasteiger partial charge in [-0.1, -0.05) is 6.07 Å². The number of ether oxygens (including phenoxy) is 1. The predicted octanol–water partition coefficient (Wildman–Crippen LogP) is 4.33. The summed E-state index contributed by atoms with van der Waals surface area (Å²) in [5.74, 6) is 0.394.